The quantitative estimate of drug-likeness (QED) is 0.571. The van der Waals surface area contributed by atoms with Crippen molar-refractivity contribution in [2.24, 2.45) is 5.84 Å². The molecular formula is C12H22N4. The van der Waals surface area contributed by atoms with Crippen molar-refractivity contribution in [1.29, 1.82) is 0 Å². The Morgan fingerprint density at radius 1 is 1.38 bits per heavy atom. The average molecular weight is 222 g/mol. The van der Waals surface area contributed by atoms with Gasteiger partial charge in [0.2, 0.25) is 0 Å². The maximum atomic E-state index is 5.27. The summed E-state index contributed by atoms with van der Waals surface area (Å²) in [5.74, 6) is 5.97. The Morgan fingerprint density at radius 2 is 2.06 bits per heavy atom. The maximum Gasteiger partial charge on any atom is 0.139 e. The van der Waals surface area contributed by atoms with Crippen LogP contribution in [0.5, 0.6) is 0 Å². The smallest absolute Gasteiger partial charge is 0.139 e. The Morgan fingerprint density at radius 3 is 2.50 bits per heavy atom. The molecule has 3 N–H and O–H groups in total. The lowest BCUT2D eigenvalue weighted by Gasteiger charge is -2.25. The summed E-state index contributed by atoms with van der Waals surface area (Å²) in [7, 11) is 2.16. The first-order valence-corrected chi connectivity index (χ1v) is 5.83. The van der Waals surface area contributed by atoms with Crippen LogP contribution in [0, 0.1) is 0 Å². The summed E-state index contributed by atoms with van der Waals surface area (Å²) >= 11 is 0. The van der Waals surface area contributed by atoms with Crippen LogP contribution in [0.1, 0.15) is 32.3 Å². The van der Waals surface area contributed by atoms with Gasteiger partial charge in [0.05, 0.1) is 0 Å². The molecule has 4 heteroatoms. The molecule has 0 saturated heterocycles. The largest absolute Gasteiger partial charge is 0.308 e. The predicted octanol–water partition coefficient (Wildman–Crippen LogP) is 1.99. The van der Waals surface area contributed by atoms with E-state index in [1.807, 2.05) is 12.3 Å². The lowest BCUT2D eigenvalue weighted by molar-refractivity contribution is 0.221. The Bertz CT molecular complexity index is 292. The first-order valence-electron chi connectivity index (χ1n) is 5.83. The molecule has 0 aliphatic carbocycles. The van der Waals surface area contributed by atoms with Crippen molar-refractivity contribution in [3.05, 3.63) is 23.9 Å². The maximum absolute atomic E-state index is 5.27. The van der Waals surface area contributed by atoms with Crippen molar-refractivity contribution in [3.8, 4) is 0 Å². The van der Waals surface area contributed by atoms with E-state index in [-0.39, 0.29) is 0 Å². The number of nitrogens with two attached hydrogens (primary N) is 1. The molecule has 4 nitrogen and oxygen atoms in total. The monoisotopic (exact) mass is 222 g/mol. The third-order valence-corrected chi connectivity index (χ3v) is 2.97. The van der Waals surface area contributed by atoms with Gasteiger partial charge in [-0.05, 0) is 31.5 Å². The summed E-state index contributed by atoms with van der Waals surface area (Å²) in [6.07, 6.45) is 4.24. The van der Waals surface area contributed by atoms with Gasteiger partial charge in [0.15, 0.2) is 0 Å². The highest BCUT2D eigenvalue weighted by molar-refractivity contribution is 5.33. The van der Waals surface area contributed by atoms with E-state index < -0.39 is 0 Å². The van der Waals surface area contributed by atoms with Gasteiger partial charge < -0.3 is 5.43 Å². The van der Waals surface area contributed by atoms with E-state index in [1.54, 1.807) is 0 Å². The summed E-state index contributed by atoms with van der Waals surface area (Å²) in [5.41, 5.74) is 3.74. The zero-order valence-electron chi connectivity index (χ0n) is 10.4. The van der Waals surface area contributed by atoms with Crippen molar-refractivity contribution >= 4 is 5.82 Å². The molecule has 0 atom stereocenters. The zero-order valence-corrected chi connectivity index (χ0v) is 10.4. The van der Waals surface area contributed by atoms with Gasteiger partial charge in [-0.1, -0.05) is 19.9 Å². The van der Waals surface area contributed by atoms with Crippen LogP contribution in [0.2, 0.25) is 0 Å². The minimum absolute atomic E-state index is 0.646. The summed E-state index contributed by atoms with van der Waals surface area (Å²) in [6, 6.07) is 4.60. The van der Waals surface area contributed by atoms with Gasteiger partial charge in [-0.3, -0.25) is 4.90 Å². The molecule has 0 spiro atoms. The molecule has 0 aliphatic heterocycles. The molecular weight excluding hydrogens is 200 g/mol. The Labute approximate surface area is 97.8 Å². The van der Waals surface area contributed by atoms with Gasteiger partial charge in [-0.2, -0.15) is 0 Å². The summed E-state index contributed by atoms with van der Waals surface area (Å²) in [5, 5.41) is 0. The van der Waals surface area contributed by atoms with Gasteiger partial charge >= 0.3 is 0 Å². The average Bonchev–Trinajstić information content (AvgIpc) is 2.31. The Kier molecular flexibility index (Phi) is 5.22. The molecule has 0 aliphatic rings. The van der Waals surface area contributed by atoms with Crippen LogP contribution < -0.4 is 11.3 Å². The molecule has 0 amide bonds. The summed E-state index contributed by atoms with van der Waals surface area (Å²) in [4.78, 5) is 6.57. The Balaban J connectivity index is 2.58. The first-order chi connectivity index (χ1) is 7.71. The van der Waals surface area contributed by atoms with E-state index >= 15 is 0 Å². The van der Waals surface area contributed by atoms with Gasteiger partial charge in [0, 0.05) is 18.8 Å². The number of hydrogen-bond acceptors (Lipinski definition) is 4. The van der Waals surface area contributed by atoms with Crippen LogP contribution in [0.3, 0.4) is 0 Å². The van der Waals surface area contributed by atoms with Crippen molar-refractivity contribution in [2.75, 3.05) is 12.5 Å². The topological polar surface area (TPSA) is 54.2 Å². The van der Waals surface area contributed by atoms with Gasteiger partial charge in [0.25, 0.3) is 0 Å². The highest BCUT2D eigenvalue weighted by Crippen LogP contribution is 2.11. The van der Waals surface area contributed by atoms with E-state index in [0.717, 1.165) is 6.54 Å². The number of pyridine rings is 1. The molecule has 1 heterocycles. The van der Waals surface area contributed by atoms with Crippen LogP contribution in [0.4, 0.5) is 5.82 Å². The molecule has 0 saturated carbocycles. The second-order valence-corrected chi connectivity index (χ2v) is 4.08. The predicted molar refractivity (Wildman–Crippen MR) is 67.9 cm³/mol. The van der Waals surface area contributed by atoms with E-state index in [9.17, 15) is 0 Å². The van der Waals surface area contributed by atoms with Gasteiger partial charge in [-0.15, -0.1) is 0 Å². The number of hydrogen-bond donors (Lipinski definition) is 2. The fraction of sp³-hybridized carbons (Fsp3) is 0.583. The van der Waals surface area contributed by atoms with Crippen LogP contribution >= 0.6 is 0 Å². The number of anilines is 1. The molecule has 16 heavy (non-hydrogen) atoms. The molecule has 1 aromatic heterocycles. The number of nitrogens with zero attached hydrogens (tertiary/aromatic N) is 2. The minimum Gasteiger partial charge on any atom is -0.308 e. The fourth-order valence-corrected chi connectivity index (χ4v) is 1.93. The number of aromatic nitrogens is 1. The van der Waals surface area contributed by atoms with E-state index in [1.165, 1.54) is 18.4 Å². The number of nitrogen functional groups attached to an aromatic ring is 1. The second-order valence-electron chi connectivity index (χ2n) is 4.08. The van der Waals surface area contributed by atoms with Crippen molar-refractivity contribution in [3.63, 3.8) is 0 Å². The highest BCUT2D eigenvalue weighted by atomic mass is 15.2. The molecule has 1 rings (SSSR count). The molecule has 0 unspecified atom stereocenters. The highest BCUT2D eigenvalue weighted by Gasteiger charge is 2.10. The van der Waals surface area contributed by atoms with Crippen molar-refractivity contribution < 1.29 is 0 Å². The SMILES string of the molecule is CCC(CC)N(C)Cc1ccc(NN)nc1. The fourth-order valence-electron chi connectivity index (χ4n) is 1.93. The van der Waals surface area contributed by atoms with E-state index in [0.29, 0.717) is 11.9 Å². The molecule has 0 fully saturated rings. The number of hydrazine groups is 1. The van der Waals surface area contributed by atoms with E-state index in [4.69, 9.17) is 5.84 Å². The van der Waals surface area contributed by atoms with Crippen molar-refractivity contribution in [1.82, 2.24) is 9.88 Å². The standard InChI is InChI=1S/C12H22N4/c1-4-11(5-2)16(3)9-10-6-7-12(15-13)14-8-10/h6-8,11H,4-5,9,13H2,1-3H3,(H,14,15). The Hall–Kier alpha value is -1.13. The van der Waals surface area contributed by atoms with Crippen LogP contribution in [-0.2, 0) is 6.54 Å². The van der Waals surface area contributed by atoms with E-state index in [2.05, 4.69) is 42.3 Å². The lowest BCUT2D eigenvalue weighted by Crippen LogP contribution is -2.30. The third kappa shape index (κ3) is 3.47. The van der Waals surface area contributed by atoms with Crippen molar-refractivity contribution in [2.45, 2.75) is 39.3 Å². The van der Waals surface area contributed by atoms with Crippen LogP contribution in [0.25, 0.3) is 0 Å². The van der Waals surface area contributed by atoms with Crippen LogP contribution in [-0.4, -0.2) is 23.0 Å². The molecule has 90 valence electrons. The normalized spacial score (nSPS) is 11.1. The lowest BCUT2D eigenvalue weighted by atomic mass is 10.1. The molecule has 0 bridgehead atoms. The number of rotatable bonds is 6. The zero-order chi connectivity index (χ0) is 12.0. The molecule has 1 aromatic rings. The van der Waals surface area contributed by atoms with Crippen LogP contribution in [0.15, 0.2) is 18.3 Å². The minimum atomic E-state index is 0.646. The number of nitrogens with one attached hydrogen (secondary N) is 1. The molecule has 0 aromatic carbocycles. The van der Waals surface area contributed by atoms with Gasteiger partial charge in [-0.25, -0.2) is 10.8 Å². The second kappa shape index (κ2) is 6.45. The summed E-state index contributed by atoms with van der Waals surface area (Å²) < 4.78 is 0. The molecule has 0 radical (unpaired) electrons. The third-order valence-electron chi connectivity index (χ3n) is 2.97. The van der Waals surface area contributed by atoms with Gasteiger partial charge in [0.1, 0.15) is 5.82 Å². The summed E-state index contributed by atoms with van der Waals surface area (Å²) in [6.45, 7) is 5.39. The first kappa shape index (κ1) is 12.9.